The quantitative estimate of drug-likeness (QED) is 0.270. The number of ether oxygens (including phenoxy) is 3. The van der Waals surface area contributed by atoms with Crippen molar-refractivity contribution in [2.24, 2.45) is 4.99 Å². The third-order valence-corrected chi connectivity index (χ3v) is 7.68. The zero-order valence-electron chi connectivity index (χ0n) is 21.5. The van der Waals surface area contributed by atoms with Crippen molar-refractivity contribution in [2.45, 2.75) is 25.3 Å². The van der Waals surface area contributed by atoms with Crippen molar-refractivity contribution in [3.05, 3.63) is 75.4 Å². The van der Waals surface area contributed by atoms with Crippen molar-refractivity contribution < 1.29 is 19.0 Å². The number of aliphatic imine (C=N–C) groups is 1. The smallest absolute Gasteiger partial charge is 0.338 e. The van der Waals surface area contributed by atoms with Crippen LogP contribution in [-0.2, 0) is 14.3 Å². The summed E-state index contributed by atoms with van der Waals surface area (Å²) in [6.45, 7) is 4.20. The molecule has 1 N–H and O–H groups in total. The van der Waals surface area contributed by atoms with Crippen LogP contribution in [0.4, 0.5) is 0 Å². The second-order valence-electron chi connectivity index (χ2n) is 8.98. The summed E-state index contributed by atoms with van der Waals surface area (Å²) in [6, 6.07) is 14.1. The molecule has 2 aliphatic heterocycles. The molecule has 204 valence electrons. The zero-order valence-corrected chi connectivity index (χ0v) is 23.8. The number of carbonyl (C=O) groups is 1. The largest absolute Gasteiger partial charge is 0.490 e. The number of carbonyl (C=O) groups excluding carboxylic acids is 1. The Balaban J connectivity index is 1.49. The molecule has 1 saturated heterocycles. The average Bonchev–Trinajstić information content (AvgIpc) is 2.95. The Morgan fingerprint density at radius 2 is 1.84 bits per heavy atom. The highest BCUT2D eigenvalue weighted by molar-refractivity contribution is 8.13. The Hall–Kier alpha value is -2.23. The molecule has 0 bridgehead atoms. The van der Waals surface area contributed by atoms with Crippen molar-refractivity contribution in [2.75, 3.05) is 52.3 Å². The fraction of sp³-hybridized carbons (Fsp3) is 0.429. The fourth-order valence-corrected chi connectivity index (χ4v) is 5.13. The molecule has 4 rings (SSSR count). The highest BCUT2D eigenvalue weighted by atomic mass is 35.5. The van der Waals surface area contributed by atoms with Gasteiger partial charge in [-0.15, -0.1) is 0 Å². The maximum absolute atomic E-state index is 13.5. The van der Waals surface area contributed by atoms with Gasteiger partial charge in [0.25, 0.3) is 0 Å². The average molecular weight is 579 g/mol. The van der Waals surface area contributed by atoms with Crippen LogP contribution in [0.5, 0.6) is 5.75 Å². The van der Waals surface area contributed by atoms with Crippen LogP contribution in [0, 0.1) is 0 Å². The van der Waals surface area contributed by atoms with Gasteiger partial charge in [0, 0.05) is 6.54 Å². The standard InChI is InChI=1S/C28H33Cl2N3O4S/c1-38-28-31-24(19-35-15-14-33-12-6-3-7-13-33)25(26(32-28)20-10-11-22(29)23(30)18-20)27(34)37-17-16-36-21-8-4-2-5-9-21/h2,4-5,8-11,18,26H,3,6-7,12-17,19H2,1H3,(H,31,32). The summed E-state index contributed by atoms with van der Waals surface area (Å²) in [4.78, 5) is 20.7. The van der Waals surface area contributed by atoms with E-state index in [1.165, 1.54) is 31.0 Å². The van der Waals surface area contributed by atoms with Crippen LogP contribution in [0.2, 0.25) is 10.0 Å². The van der Waals surface area contributed by atoms with Gasteiger partial charge in [0.15, 0.2) is 5.17 Å². The number of thioether (sulfide) groups is 1. The molecule has 7 nitrogen and oxygen atoms in total. The number of amidine groups is 1. The van der Waals surface area contributed by atoms with Crippen molar-refractivity contribution in [3.63, 3.8) is 0 Å². The van der Waals surface area contributed by atoms with Gasteiger partial charge in [-0.25, -0.2) is 9.79 Å². The molecule has 0 amide bonds. The molecule has 1 fully saturated rings. The number of esters is 1. The number of para-hydroxylation sites is 1. The summed E-state index contributed by atoms with van der Waals surface area (Å²) in [7, 11) is 0. The van der Waals surface area contributed by atoms with E-state index in [-0.39, 0.29) is 19.8 Å². The molecule has 1 unspecified atom stereocenters. The lowest BCUT2D eigenvalue weighted by Gasteiger charge is -2.28. The molecule has 1 atom stereocenters. The van der Waals surface area contributed by atoms with Crippen molar-refractivity contribution in [1.82, 2.24) is 10.2 Å². The van der Waals surface area contributed by atoms with Crippen molar-refractivity contribution >= 4 is 46.1 Å². The maximum atomic E-state index is 13.5. The normalized spacial score (nSPS) is 18.1. The summed E-state index contributed by atoms with van der Waals surface area (Å²) in [5, 5.41) is 4.79. The molecule has 2 aromatic rings. The Morgan fingerprint density at radius 1 is 1.05 bits per heavy atom. The first-order chi connectivity index (χ1) is 18.5. The predicted octanol–water partition coefficient (Wildman–Crippen LogP) is 5.74. The lowest BCUT2D eigenvalue weighted by Crippen LogP contribution is -2.35. The van der Waals surface area contributed by atoms with E-state index in [0.29, 0.717) is 38.8 Å². The van der Waals surface area contributed by atoms with E-state index in [4.69, 9.17) is 42.4 Å². The highest BCUT2D eigenvalue weighted by Gasteiger charge is 2.32. The van der Waals surface area contributed by atoms with Gasteiger partial charge in [0.2, 0.25) is 0 Å². The lowest BCUT2D eigenvalue weighted by atomic mass is 9.96. The van der Waals surface area contributed by atoms with E-state index < -0.39 is 12.0 Å². The summed E-state index contributed by atoms with van der Waals surface area (Å²) in [5.74, 6) is 0.233. The molecule has 2 heterocycles. The van der Waals surface area contributed by atoms with E-state index in [1.54, 1.807) is 12.1 Å². The monoisotopic (exact) mass is 577 g/mol. The number of nitrogens with one attached hydrogen (secondary N) is 1. The van der Waals surface area contributed by atoms with Gasteiger partial charge in [-0.3, -0.25) is 0 Å². The number of hydrogen-bond acceptors (Lipinski definition) is 8. The first kappa shape index (κ1) is 28.8. The molecule has 0 aliphatic carbocycles. The SMILES string of the molecule is CSC1=NC(c2ccc(Cl)c(Cl)c2)C(C(=O)OCCOc2ccccc2)=C(COCCN2CCCCC2)N1. The molecule has 38 heavy (non-hydrogen) atoms. The Bertz CT molecular complexity index is 1140. The fourth-order valence-electron chi connectivity index (χ4n) is 4.39. The van der Waals surface area contributed by atoms with E-state index in [1.807, 2.05) is 42.7 Å². The van der Waals surface area contributed by atoms with Gasteiger partial charge in [0.05, 0.1) is 34.5 Å². The Kier molecular flexibility index (Phi) is 11.2. The summed E-state index contributed by atoms with van der Waals surface area (Å²) in [5.41, 5.74) is 1.76. The molecule has 2 aromatic carbocycles. The molecular formula is C28H33Cl2N3O4S. The van der Waals surface area contributed by atoms with E-state index >= 15 is 0 Å². The van der Waals surface area contributed by atoms with Crippen LogP contribution in [0.25, 0.3) is 0 Å². The number of likely N-dealkylation sites (tertiary alicyclic amines) is 1. The van der Waals surface area contributed by atoms with Crippen molar-refractivity contribution in [1.29, 1.82) is 0 Å². The van der Waals surface area contributed by atoms with Crippen LogP contribution in [0.3, 0.4) is 0 Å². The first-order valence-electron chi connectivity index (χ1n) is 12.8. The Labute approximate surface area is 238 Å². The number of halogens is 2. The molecule has 0 radical (unpaired) electrons. The van der Waals surface area contributed by atoms with Crippen LogP contribution < -0.4 is 10.1 Å². The van der Waals surface area contributed by atoms with Gasteiger partial charge in [0.1, 0.15) is 25.0 Å². The van der Waals surface area contributed by atoms with Gasteiger partial charge in [-0.05, 0) is 62.0 Å². The van der Waals surface area contributed by atoms with Crippen LogP contribution in [-0.4, -0.2) is 68.4 Å². The number of piperidine rings is 1. The Morgan fingerprint density at radius 3 is 2.58 bits per heavy atom. The lowest BCUT2D eigenvalue weighted by molar-refractivity contribution is -0.140. The minimum atomic E-state index is -0.614. The zero-order chi connectivity index (χ0) is 26.7. The van der Waals surface area contributed by atoms with Crippen LogP contribution in [0.15, 0.2) is 64.8 Å². The first-order valence-corrected chi connectivity index (χ1v) is 14.7. The molecular weight excluding hydrogens is 545 g/mol. The van der Waals surface area contributed by atoms with Crippen LogP contribution >= 0.6 is 35.0 Å². The van der Waals surface area contributed by atoms with E-state index in [9.17, 15) is 4.79 Å². The number of benzene rings is 2. The second kappa shape index (κ2) is 14.8. The van der Waals surface area contributed by atoms with Gasteiger partial charge in [-0.1, -0.05) is 65.7 Å². The van der Waals surface area contributed by atoms with Crippen LogP contribution in [0.1, 0.15) is 30.9 Å². The number of hydrogen-bond donors (Lipinski definition) is 1. The number of rotatable bonds is 11. The minimum Gasteiger partial charge on any atom is -0.490 e. The molecule has 10 heteroatoms. The molecule has 0 saturated carbocycles. The topological polar surface area (TPSA) is 72.4 Å². The molecule has 0 spiro atoms. The predicted molar refractivity (Wildman–Crippen MR) is 154 cm³/mol. The molecule has 0 aromatic heterocycles. The number of nitrogens with zero attached hydrogens (tertiary/aromatic N) is 2. The van der Waals surface area contributed by atoms with Gasteiger partial charge >= 0.3 is 5.97 Å². The third kappa shape index (κ3) is 8.13. The summed E-state index contributed by atoms with van der Waals surface area (Å²) >= 11 is 13.9. The summed E-state index contributed by atoms with van der Waals surface area (Å²) in [6.07, 6.45) is 5.69. The van der Waals surface area contributed by atoms with E-state index in [2.05, 4.69) is 10.2 Å². The molecule has 2 aliphatic rings. The van der Waals surface area contributed by atoms with Gasteiger partial charge < -0.3 is 24.4 Å². The maximum Gasteiger partial charge on any atom is 0.338 e. The van der Waals surface area contributed by atoms with E-state index in [0.717, 1.165) is 25.2 Å². The highest BCUT2D eigenvalue weighted by Crippen LogP contribution is 2.35. The second-order valence-corrected chi connectivity index (χ2v) is 10.6. The minimum absolute atomic E-state index is 0.0908. The summed E-state index contributed by atoms with van der Waals surface area (Å²) < 4.78 is 17.4. The van der Waals surface area contributed by atoms with Gasteiger partial charge in [-0.2, -0.15) is 0 Å². The van der Waals surface area contributed by atoms with Crippen molar-refractivity contribution in [3.8, 4) is 5.75 Å². The third-order valence-electron chi connectivity index (χ3n) is 6.35.